The molecule has 7 nitrogen and oxygen atoms in total. The highest BCUT2D eigenvalue weighted by Gasteiger charge is 2.27. The summed E-state index contributed by atoms with van der Waals surface area (Å²) in [5.41, 5.74) is 8.83. The molecule has 0 spiro atoms. The molecule has 0 saturated carbocycles. The van der Waals surface area contributed by atoms with Gasteiger partial charge in [0.2, 0.25) is 0 Å². The van der Waals surface area contributed by atoms with Gasteiger partial charge in [0.1, 0.15) is 6.54 Å². The van der Waals surface area contributed by atoms with Crippen LogP contribution in [0.1, 0.15) is 28.1 Å². The maximum Gasteiger partial charge on any atom is 0.264 e. The Bertz CT molecular complexity index is 1630. The van der Waals surface area contributed by atoms with Crippen molar-refractivity contribution in [3.05, 3.63) is 111 Å². The van der Waals surface area contributed by atoms with E-state index in [1.807, 2.05) is 26.0 Å². The molecule has 1 N–H and O–H groups in total. The van der Waals surface area contributed by atoms with Crippen LogP contribution < -0.4 is 9.73 Å². The van der Waals surface area contributed by atoms with Crippen LogP contribution in [0, 0.1) is 27.7 Å². The van der Waals surface area contributed by atoms with Crippen LogP contribution in [-0.4, -0.2) is 31.7 Å². The average molecular weight is 584 g/mol. The van der Waals surface area contributed by atoms with Gasteiger partial charge in [-0.2, -0.15) is 5.10 Å². The van der Waals surface area contributed by atoms with Crippen molar-refractivity contribution in [2.24, 2.45) is 5.10 Å². The number of amides is 1. The summed E-state index contributed by atoms with van der Waals surface area (Å²) in [6.45, 7) is 7.60. The predicted molar refractivity (Wildman–Crippen MR) is 158 cm³/mol. The van der Waals surface area contributed by atoms with E-state index in [1.165, 1.54) is 30.3 Å². The van der Waals surface area contributed by atoms with Crippen molar-refractivity contribution in [2.75, 3.05) is 10.8 Å². The van der Waals surface area contributed by atoms with Crippen molar-refractivity contribution in [3.63, 3.8) is 0 Å². The lowest BCUT2D eigenvalue weighted by atomic mass is 10.1. The number of para-hydroxylation sites is 1. The molecule has 0 aliphatic heterocycles. The lowest BCUT2D eigenvalue weighted by Crippen LogP contribution is -2.39. The lowest BCUT2D eigenvalue weighted by molar-refractivity contribution is -0.119. The Labute approximate surface area is 238 Å². The number of halogens is 2. The molecule has 4 rings (SSSR count). The normalized spacial score (nSPS) is 11.6. The van der Waals surface area contributed by atoms with E-state index in [0.29, 0.717) is 0 Å². The zero-order chi connectivity index (χ0) is 28.3. The third-order valence-corrected chi connectivity index (χ3v) is 8.50. The molecule has 3 aromatic carbocycles. The summed E-state index contributed by atoms with van der Waals surface area (Å²) in [6, 6.07) is 20.3. The van der Waals surface area contributed by atoms with Gasteiger partial charge in [0, 0.05) is 27.0 Å². The lowest BCUT2D eigenvalue weighted by Gasteiger charge is -2.24. The highest BCUT2D eigenvalue weighted by Crippen LogP contribution is 2.30. The number of carbonyl (C=O) groups is 1. The van der Waals surface area contributed by atoms with Crippen molar-refractivity contribution >= 4 is 51.0 Å². The van der Waals surface area contributed by atoms with Gasteiger partial charge >= 0.3 is 0 Å². The first kappa shape index (κ1) is 28.4. The number of hydrogen-bond acceptors (Lipinski definition) is 4. The molecule has 0 bridgehead atoms. The van der Waals surface area contributed by atoms with Crippen LogP contribution in [0.2, 0.25) is 10.0 Å². The number of nitrogens with one attached hydrogen (secondary N) is 1. The van der Waals surface area contributed by atoms with E-state index in [4.69, 9.17) is 23.2 Å². The van der Waals surface area contributed by atoms with Gasteiger partial charge in [0.05, 0.1) is 22.5 Å². The topological polar surface area (TPSA) is 83.8 Å². The van der Waals surface area contributed by atoms with Crippen molar-refractivity contribution in [3.8, 4) is 5.69 Å². The number of nitrogens with zero attached hydrogens (tertiary/aromatic N) is 3. The van der Waals surface area contributed by atoms with Crippen LogP contribution in [-0.2, 0) is 14.8 Å². The van der Waals surface area contributed by atoms with Gasteiger partial charge in [-0.15, -0.1) is 0 Å². The van der Waals surface area contributed by atoms with E-state index in [2.05, 4.69) is 41.1 Å². The zero-order valence-corrected chi connectivity index (χ0v) is 24.3. The van der Waals surface area contributed by atoms with Gasteiger partial charge in [-0.3, -0.25) is 9.10 Å². The van der Waals surface area contributed by atoms with Crippen LogP contribution in [0.3, 0.4) is 0 Å². The molecule has 0 unspecified atom stereocenters. The minimum absolute atomic E-state index is 0.0244. The first-order chi connectivity index (χ1) is 18.5. The minimum atomic E-state index is -4.11. The summed E-state index contributed by atoms with van der Waals surface area (Å²) in [5, 5.41) is 4.60. The second kappa shape index (κ2) is 11.7. The van der Waals surface area contributed by atoms with E-state index in [0.717, 1.165) is 38.1 Å². The molecule has 1 aromatic heterocycles. The molecule has 1 heterocycles. The molecule has 202 valence electrons. The largest absolute Gasteiger partial charge is 0.317 e. The second-order valence-electron chi connectivity index (χ2n) is 9.15. The number of carbonyl (C=O) groups excluding carboxylic acids is 1. The first-order valence-corrected chi connectivity index (χ1v) is 14.3. The highest BCUT2D eigenvalue weighted by molar-refractivity contribution is 7.92. The van der Waals surface area contributed by atoms with Crippen molar-refractivity contribution in [1.29, 1.82) is 0 Å². The van der Waals surface area contributed by atoms with Crippen molar-refractivity contribution in [1.82, 2.24) is 9.99 Å². The van der Waals surface area contributed by atoms with Crippen LogP contribution >= 0.6 is 23.2 Å². The van der Waals surface area contributed by atoms with Crippen LogP contribution in [0.25, 0.3) is 5.69 Å². The second-order valence-corrected chi connectivity index (χ2v) is 11.9. The van der Waals surface area contributed by atoms with Crippen LogP contribution in [0.15, 0.2) is 82.8 Å². The fraction of sp³-hybridized carbons (Fsp3) is 0.172. The molecule has 10 heteroatoms. The van der Waals surface area contributed by atoms with Gasteiger partial charge in [-0.1, -0.05) is 59.6 Å². The van der Waals surface area contributed by atoms with Crippen LogP contribution in [0.5, 0.6) is 0 Å². The third kappa shape index (κ3) is 6.19. The third-order valence-electron chi connectivity index (χ3n) is 6.28. The highest BCUT2D eigenvalue weighted by atomic mass is 35.5. The molecule has 0 aliphatic carbocycles. The molecule has 4 aromatic rings. The van der Waals surface area contributed by atoms with Gasteiger partial charge in [0.25, 0.3) is 15.9 Å². The fourth-order valence-corrected chi connectivity index (χ4v) is 6.42. The average Bonchev–Trinajstić information content (AvgIpc) is 3.15. The standard InChI is InChI=1S/C29H28Cl2N4O3S/c1-19-9-8-10-20(2)29(19)35-21(3)13-23(22(35)4)17-32-33-28(36)18-34(26-15-24(30)14-25(31)16-26)39(37,38)27-11-6-5-7-12-27/h5-17H,18H2,1-4H3,(H,33,36)/b32-17-. The zero-order valence-electron chi connectivity index (χ0n) is 21.9. The Kier molecular flexibility index (Phi) is 8.49. The number of hydrazone groups is 1. The maximum atomic E-state index is 13.5. The maximum absolute atomic E-state index is 13.5. The number of benzene rings is 3. The molecule has 39 heavy (non-hydrogen) atoms. The van der Waals surface area contributed by atoms with Crippen LogP contribution in [0.4, 0.5) is 5.69 Å². The molecule has 0 radical (unpaired) electrons. The summed E-state index contributed by atoms with van der Waals surface area (Å²) >= 11 is 12.3. The molecule has 0 saturated heterocycles. The minimum Gasteiger partial charge on any atom is -0.317 e. The quantitative estimate of drug-likeness (QED) is 0.194. The summed E-state index contributed by atoms with van der Waals surface area (Å²) in [4.78, 5) is 13.0. The fourth-order valence-electron chi connectivity index (χ4n) is 4.48. The Balaban J connectivity index is 1.59. The van der Waals surface area contributed by atoms with Crippen molar-refractivity contribution in [2.45, 2.75) is 32.6 Å². The Morgan fingerprint density at radius 3 is 2.15 bits per heavy atom. The Hall–Kier alpha value is -3.59. The summed E-state index contributed by atoms with van der Waals surface area (Å²) in [6.07, 6.45) is 1.55. The molecular weight excluding hydrogens is 555 g/mol. The number of anilines is 1. The number of rotatable bonds is 8. The summed E-state index contributed by atoms with van der Waals surface area (Å²) in [5.74, 6) is -0.634. The van der Waals surface area contributed by atoms with Gasteiger partial charge in [0.15, 0.2) is 0 Å². The van der Waals surface area contributed by atoms with Gasteiger partial charge in [-0.05, 0) is 75.2 Å². The Morgan fingerprint density at radius 1 is 0.923 bits per heavy atom. The van der Waals surface area contributed by atoms with Gasteiger partial charge in [-0.25, -0.2) is 13.8 Å². The molecule has 1 amide bonds. The molecule has 0 fully saturated rings. The molecule has 0 aliphatic rings. The number of sulfonamides is 1. The van der Waals surface area contributed by atoms with E-state index >= 15 is 0 Å². The first-order valence-electron chi connectivity index (χ1n) is 12.1. The van der Waals surface area contributed by atoms with E-state index in [9.17, 15) is 13.2 Å². The van der Waals surface area contributed by atoms with E-state index in [1.54, 1.807) is 24.4 Å². The van der Waals surface area contributed by atoms with Crippen molar-refractivity contribution < 1.29 is 13.2 Å². The number of hydrogen-bond donors (Lipinski definition) is 1. The van der Waals surface area contributed by atoms with Gasteiger partial charge < -0.3 is 4.57 Å². The van der Waals surface area contributed by atoms with E-state index < -0.39 is 22.5 Å². The molecular formula is C29H28Cl2N4O3S. The summed E-state index contributed by atoms with van der Waals surface area (Å²) < 4.78 is 30.1. The smallest absolute Gasteiger partial charge is 0.264 e. The predicted octanol–water partition coefficient (Wildman–Crippen LogP) is 6.36. The van der Waals surface area contributed by atoms with E-state index in [-0.39, 0.29) is 20.6 Å². The Morgan fingerprint density at radius 2 is 1.54 bits per heavy atom. The number of aryl methyl sites for hydroxylation is 3. The molecule has 0 atom stereocenters. The number of aromatic nitrogens is 1. The monoisotopic (exact) mass is 582 g/mol. The summed E-state index contributed by atoms with van der Waals surface area (Å²) in [7, 11) is -4.11. The SMILES string of the molecule is Cc1cccc(C)c1-n1c(C)cc(/C=N\NC(=O)CN(c2cc(Cl)cc(Cl)c2)S(=O)(=O)c2ccccc2)c1C.